The number of benzene rings is 2. The molecule has 1 amide bonds. The number of aliphatic hydroxyl groups is 1. The zero-order valence-corrected chi connectivity index (χ0v) is 18.2. The van der Waals surface area contributed by atoms with Gasteiger partial charge in [0.25, 0.3) is 5.91 Å². The summed E-state index contributed by atoms with van der Waals surface area (Å²) in [6, 6.07) is 12.8. The minimum Gasteiger partial charge on any atom is -0.503 e. The molecule has 1 unspecified atom stereocenters. The maximum absolute atomic E-state index is 13.5. The number of nitrogens with zero attached hydrogens (tertiary/aromatic N) is 1. The summed E-state index contributed by atoms with van der Waals surface area (Å²) in [6.45, 7) is 1.86. The summed E-state index contributed by atoms with van der Waals surface area (Å²) in [5, 5.41) is 13.8. The molecule has 8 heteroatoms. The van der Waals surface area contributed by atoms with Gasteiger partial charge in [-0.3, -0.25) is 14.5 Å². The van der Waals surface area contributed by atoms with Gasteiger partial charge in [-0.05, 0) is 72.5 Å². The van der Waals surface area contributed by atoms with Crippen LogP contribution in [0.25, 0.3) is 11.0 Å². The molecule has 2 aromatic heterocycles. The van der Waals surface area contributed by atoms with E-state index in [1.807, 2.05) is 18.4 Å². The molecule has 0 bridgehead atoms. The zero-order valence-electron chi connectivity index (χ0n) is 16.6. The number of anilines is 1. The first-order valence-electron chi connectivity index (χ1n) is 9.65. The number of carbonyl (C=O) groups excluding carboxylic acids is 2. The van der Waals surface area contributed by atoms with Gasteiger partial charge >= 0.3 is 0 Å². The molecule has 0 radical (unpaired) electrons. The molecule has 1 N–H and O–H groups in total. The Balaban J connectivity index is 1.66. The number of Topliss-reactive ketones (excluding diaryl/α,β-unsaturated/α-hetero) is 1. The van der Waals surface area contributed by atoms with E-state index in [-0.39, 0.29) is 11.3 Å². The second-order valence-corrected chi connectivity index (χ2v) is 8.79. The molecule has 1 atom stereocenters. The van der Waals surface area contributed by atoms with Gasteiger partial charge in [0.15, 0.2) is 11.5 Å². The molecule has 0 spiro atoms. The van der Waals surface area contributed by atoms with Crippen molar-refractivity contribution < 1.29 is 23.5 Å². The van der Waals surface area contributed by atoms with Crippen LogP contribution in [0.1, 0.15) is 27.0 Å². The lowest BCUT2D eigenvalue weighted by Crippen LogP contribution is -2.30. The van der Waals surface area contributed by atoms with Crippen LogP contribution in [0.5, 0.6) is 0 Å². The molecule has 1 aliphatic rings. The van der Waals surface area contributed by atoms with Gasteiger partial charge in [-0.2, -0.15) is 0 Å². The lowest BCUT2D eigenvalue weighted by atomic mass is 9.98. The van der Waals surface area contributed by atoms with Crippen LogP contribution in [0.3, 0.4) is 0 Å². The van der Waals surface area contributed by atoms with Crippen molar-refractivity contribution in [2.75, 3.05) is 4.90 Å². The average molecular weight is 468 g/mol. The average Bonchev–Trinajstić information content (AvgIpc) is 3.45. The Hall–Kier alpha value is -3.42. The van der Waals surface area contributed by atoms with Crippen LogP contribution < -0.4 is 4.90 Å². The van der Waals surface area contributed by atoms with Gasteiger partial charge in [0.05, 0.1) is 5.57 Å². The molecule has 160 valence electrons. The predicted octanol–water partition coefficient (Wildman–Crippen LogP) is 6.38. The molecule has 5 rings (SSSR count). The Morgan fingerprint density at radius 2 is 1.91 bits per heavy atom. The molecule has 1 aliphatic heterocycles. The van der Waals surface area contributed by atoms with Crippen molar-refractivity contribution in [2.24, 2.45) is 0 Å². The summed E-state index contributed by atoms with van der Waals surface area (Å²) in [4.78, 5) is 28.6. The van der Waals surface area contributed by atoms with Crippen LogP contribution in [-0.4, -0.2) is 16.8 Å². The van der Waals surface area contributed by atoms with E-state index in [1.165, 1.54) is 46.6 Å². The van der Waals surface area contributed by atoms with Crippen LogP contribution in [0.2, 0.25) is 5.02 Å². The van der Waals surface area contributed by atoms with E-state index >= 15 is 0 Å². The van der Waals surface area contributed by atoms with Crippen molar-refractivity contribution in [2.45, 2.75) is 13.0 Å². The molecule has 0 aliphatic carbocycles. The van der Waals surface area contributed by atoms with Gasteiger partial charge in [0, 0.05) is 21.0 Å². The van der Waals surface area contributed by atoms with Crippen LogP contribution in [0.15, 0.2) is 75.7 Å². The number of fused-ring (bicyclic) bond motifs is 1. The first-order chi connectivity index (χ1) is 15.3. The van der Waals surface area contributed by atoms with E-state index < -0.39 is 29.3 Å². The van der Waals surface area contributed by atoms with Crippen LogP contribution >= 0.6 is 22.9 Å². The van der Waals surface area contributed by atoms with Gasteiger partial charge in [-0.25, -0.2) is 4.39 Å². The van der Waals surface area contributed by atoms with Gasteiger partial charge in [0.1, 0.15) is 17.4 Å². The Bertz CT molecular complexity index is 1420. The van der Waals surface area contributed by atoms with Gasteiger partial charge in [-0.15, -0.1) is 11.3 Å². The van der Waals surface area contributed by atoms with E-state index in [4.69, 9.17) is 16.0 Å². The first-order valence-corrected chi connectivity index (χ1v) is 10.9. The minimum atomic E-state index is -0.878. The predicted molar refractivity (Wildman–Crippen MR) is 121 cm³/mol. The third-order valence-corrected chi connectivity index (χ3v) is 6.72. The maximum atomic E-state index is 13.5. The molecule has 0 fully saturated rings. The van der Waals surface area contributed by atoms with E-state index in [0.29, 0.717) is 26.6 Å². The molecular weight excluding hydrogens is 453 g/mol. The SMILES string of the molecule is Cc1ccsc1C1C(C(=O)c2cc3cc(Cl)ccc3o2)=C(O)C(=O)N1c1ccc(F)cc1. The number of aliphatic hydroxyl groups excluding tert-OH is 1. The fraction of sp³-hybridized carbons (Fsp3) is 0.0833. The summed E-state index contributed by atoms with van der Waals surface area (Å²) in [6.07, 6.45) is 0. The van der Waals surface area contributed by atoms with Crippen LogP contribution in [0.4, 0.5) is 10.1 Å². The largest absolute Gasteiger partial charge is 0.503 e. The monoisotopic (exact) mass is 467 g/mol. The molecule has 2 aromatic carbocycles. The normalized spacial score (nSPS) is 16.4. The van der Waals surface area contributed by atoms with E-state index in [1.54, 1.807) is 18.2 Å². The summed E-state index contributed by atoms with van der Waals surface area (Å²) in [7, 11) is 0. The Labute approximate surface area is 191 Å². The smallest absolute Gasteiger partial charge is 0.294 e. The first kappa shape index (κ1) is 20.5. The number of amides is 1. The number of aryl methyl sites for hydroxylation is 1. The van der Waals surface area contributed by atoms with Crippen molar-refractivity contribution in [3.8, 4) is 0 Å². The summed E-state index contributed by atoms with van der Waals surface area (Å²) in [5.41, 5.74) is 1.59. The van der Waals surface area contributed by atoms with Crippen molar-refractivity contribution in [3.05, 3.63) is 98.4 Å². The lowest BCUT2D eigenvalue weighted by molar-refractivity contribution is -0.117. The molecule has 5 nitrogen and oxygen atoms in total. The number of thiophene rings is 1. The van der Waals surface area contributed by atoms with Crippen molar-refractivity contribution in [1.82, 2.24) is 0 Å². The van der Waals surface area contributed by atoms with E-state index in [2.05, 4.69) is 0 Å². The number of carbonyl (C=O) groups is 2. The molecule has 3 heterocycles. The van der Waals surface area contributed by atoms with E-state index in [0.717, 1.165) is 5.56 Å². The number of furan rings is 1. The Morgan fingerprint density at radius 3 is 2.59 bits per heavy atom. The summed E-state index contributed by atoms with van der Waals surface area (Å²) < 4.78 is 19.2. The fourth-order valence-corrected chi connectivity index (χ4v) is 5.08. The third-order valence-electron chi connectivity index (χ3n) is 5.41. The number of hydrogen-bond donors (Lipinski definition) is 1. The Kier molecular flexibility index (Phi) is 4.87. The second kappa shape index (κ2) is 7.62. The van der Waals surface area contributed by atoms with Gasteiger partial charge < -0.3 is 9.52 Å². The lowest BCUT2D eigenvalue weighted by Gasteiger charge is -2.26. The summed E-state index contributed by atoms with van der Waals surface area (Å²) in [5.74, 6) is -2.48. The van der Waals surface area contributed by atoms with Crippen molar-refractivity contribution in [3.63, 3.8) is 0 Å². The highest BCUT2D eigenvalue weighted by atomic mass is 35.5. The molecule has 0 saturated heterocycles. The van der Waals surface area contributed by atoms with Crippen molar-refractivity contribution in [1.29, 1.82) is 0 Å². The quantitative estimate of drug-likeness (QED) is 0.353. The van der Waals surface area contributed by atoms with Crippen molar-refractivity contribution >= 4 is 51.3 Å². The summed E-state index contributed by atoms with van der Waals surface area (Å²) >= 11 is 7.39. The van der Waals surface area contributed by atoms with Crippen LogP contribution in [0, 0.1) is 12.7 Å². The zero-order chi connectivity index (χ0) is 22.6. The molecule has 32 heavy (non-hydrogen) atoms. The number of hydrogen-bond acceptors (Lipinski definition) is 5. The maximum Gasteiger partial charge on any atom is 0.294 e. The highest BCUT2D eigenvalue weighted by Gasteiger charge is 2.46. The highest BCUT2D eigenvalue weighted by Crippen LogP contribution is 2.45. The molecule has 0 saturated carbocycles. The van der Waals surface area contributed by atoms with Gasteiger partial charge in [0.2, 0.25) is 5.78 Å². The topological polar surface area (TPSA) is 70.7 Å². The highest BCUT2D eigenvalue weighted by molar-refractivity contribution is 7.10. The number of ketones is 1. The van der Waals surface area contributed by atoms with Crippen LogP contribution in [-0.2, 0) is 4.79 Å². The van der Waals surface area contributed by atoms with E-state index in [9.17, 15) is 19.1 Å². The number of rotatable bonds is 4. The minimum absolute atomic E-state index is 0.0169. The molecular formula is C24H15ClFNO4S. The third kappa shape index (κ3) is 3.21. The standard InChI is InChI=1S/C24H15ClFNO4S/c1-12-8-9-32-23(12)20-19(21(28)18-11-13-10-14(25)2-7-17(13)31-18)22(29)24(30)27(20)16-5-3-15(26)4-6-16/h2-11,20,29H,1H3. The Morgan fingerprint density at radius 1 is 1.16 bits per heavy atom. The number of halogens is 2. The molecule has 4 aromatic rings. The fourth-order valence-electron chi connectivity index (χ4n) is 3.88. The van der Waals surface area contributed by atoms with Gasteiger partial charge in [-0.1, -0.05) is 11.6 Å². The second-order valence-electron chi connectivity index (χ2n) is 7.41.